The molecule has 0 aliphatic carbocycles. The number of hydrogen-bond acceptors (Lipinski definition) is 2. The molecule has 0 rings (SSSR count). The van der Waals surface area contributed by atoms with E-state index in [0.717, 1.165) is 6.42 Å². The van der Waals surface area contributed by atoms with Crippen molar-refractivity contribution >= 4 is 11.9 Å². The lowest BCUT2D eigenvalue weighted by atomic mass is 10.1. The normalized spacial score (nSPS) is 11.5. The van der Waals surface area contributed by atoms with Gasteiger partial charge in [0, 0.05) is 12.8 Å². The summed E-state index contributed by atoms with van der Waals surface area (Å²) in [7, 11) is 0. The first-order valence-electron chi connectivity index (χ1n) is 5.07. The summed E-state index contributed by atoms with van der Waals surface area (Å²) in [4.78, 5) is 21.9. The minimum absolute atomic E-state index is 0.221. The van der Waals surface area contributed by atoms with Gasteiger partial charge in [0.05, 0.1) is 0 Å². The van der Waals surface area contributed by atoms with Crippen LogP contribution in [0.2, 0.25) is 0 Å². The SMILES string of the molecule is C#CCCCCC(=O)N[C@H](CC)C(=O)O. The van der Waals surface area contributed by atoms with E-state index in [1.165, 1.54) is 0 Å². The molecule has 0 heterocycles. The maximum absolute atomic E-state index is 11.3. The predicted molar refractivity (Wildman–Crippen MR) is 57.2 cm³/mol. The second-order valence-electron chi connectivity index (χ2n) is 3.28. The van der Waals surface area contributed by atoms with Gasteiger partial charge in [-0.2, -0.15) is 0 Å². The fourth-order valence-electron chi connectivity index (χ4n) is 1.12. The monoisotopic (exact) mass is 211 g/mol. The second kappa shape index (κ2) is 7.86. The van der Waals surface area contributed by atoms with E-state index in [4.69, 9.17) is 11.5 Å². The Morgan fingerprint density at radius 2 is 2.13 bits per heavy atom. The molecule has 4 heteroatoms. The molecule has 0 spiro atoms. The fraction of sp³-hybridized carbons (Fsp3) is 0.636. The molecule has 2 N–H and O–H groups in total. The highest BCUT2D eigenvalue weighted by atomic mass is 16.4. The van der Waals surface area contributed by atoms with Crippen molar-refractivity contribution in [2.24, 2.45) is 0 Å². The van der Waals surface area contributed by atoms with Crippen LogP contribution in [0.5, 0.6) is 0 Å². The largest absolute Gasteiger partial charge is 0.480 e. The lowest BCUT2D eigenvalue weighted by Crippen LogP contribution is -2.40. The second-order valence-corrected chi connectivity index (χ2v) is 3.28. The van der Waals surface area contributed by atoms with Gasteiger partial charge in [-0.05, 0) is 19.3 Å². The van der Waals surface area contributed by atoms with Gasteiger partial charge >= 0.3 is 5.97 Å². The average molecular weight is 211 g/mol. The van der Waals surface area contributed by atoms with Crippen LogP contribution in [0.25, 0.3) is 0 Å². The van der Waals surface area contributed by atoms with Gasteiger partial charge < -0.3 is 10.4 Å². The summed E-state index contributed by atoms with van der Waals surface area (Å²) >= 11 is 0. The third-order valence-corrected chi connectivity index (χ3v) is 2.02. The Morgan fingerprint density at radius 3 is 2.60 bits per heavy atom. The Kier molecular flexibility index (Phi) is 7.08. The number of rotatable bonds is 7. The number of hydrogen-bond donors (Lipinski definition) is 2. The van der Waals surface area contributed by atoms with Crippen LogP contribution in [0.1, 0.15) is 39.0 Å². The molecular formula is C11H17NO3. The molecular weight excluding hydrogens is 194 g/mol. The number of unbranched alkanes of at least 4 members (excludes halogenated alkanes) is 2. The number of carboxylic acids is 1. The Hall–Kier alpha value is -1.50. The van der Waals surface area contributed by atoms with Crippen LogP contribution < -0.4 is 5.32 Å². The van der Waals surface area contributed by atoms with Crippen molar-refractivity contribution in [3.63, 3.8) is 0 Å². The van der Waals surface area contributed by atoms with Crippen molar-refractivity contribution < 1.29 is 14.7 Å². The molecule has 0 unspecified atom stereocenters. The topological polar surface area (TPSA) is 66.4 Å². The van der Waals surface area contributed by atoms with Crippen molar-refractivity contribution in [1.82, 2.24) is 5.32 Å². The van der Waals surface area contributed by atoms with E-state index in [1.807, 2.05) is 0 Å². The minimum Gasteiger partial charge on any atom is -0.480 e. The first-order chi connectivity index (χ1) is 7.11. The molecule has 1 atom stereocenters. The Morgan fingerprint density at radius 1 is 1.47 bits per heavy atom. The minimum atomic E-state index is -0.991. The number of nitrogens with one attached hydrogen (secondary N) is 1. The zero-order valence-corrected chi connectivity index (χ0v) is 8.95. The maximum Gasteiger partial charge on any atom is 0.326 e. The fourth-order valence-corrected chi connectivity index (χ4v) is 1.12. The van der Waals surface area contributed by atoms with Gasteiger partial charge in [0.25, 0.3) is 0 Å². The van der Waals surface area contributed by atoms with Crippen LogP contribution in [0.15, 0.2) is 0 Å². The summed E-state index contributed by atoms with van der Waals surface area (Å²) in [5, 5.41) is 11.1. The zero-order chi connectivity index (χ0) is 11.7. The smallest absolute Gasteiger partial charge is 0.326 e. The molecule has 0 saturated heterocycles. The molecule has 0 radical (unpaired) electrons. The summed E-state index contributed by atoms with van der Waals surface area (Å²) in [6, 6.07) is -0.773. The molecule has 0 saturated carbocycles. The van der Waals surface area contributed by atoms with E-state index in [0.29, 0.717) is 25.7 Å². The number of terminal acetylenes is 1. The number of carboxylic acid groups (broad SMARTS) is 1. The van der Waals surface area contributed by atoms with Crippen LogP contribution in [0, 0.1) is 12.3 Å². The summed E-state index contributed by atoms with van der Waals surface area (Å²) in [5.74, 6) is 1.27. The van der Waals surface area contributed by atoms with E-state index in [2.05, 4.69) is 11.2 Å². The Bertz CT molecular complexity index is 255. The standard InChI is InChI=1S/C11H17NO3/c1-3-5-6-7-8-10(13)12-9(4-2)11(14)15/h1,9H,4-8H2,2H3,(H,12,13)(H,14,15)/t9-/m1/s1. The highest BCUT2D eigenvalue weighted by Crippen LogP contribution is 2.00. The third-order valence-electron chi connectivity index (χ3n) is 2.02. The molecule has 0 fully saturated rings. The number of carbonyl (C=O) groups is 2. The van der Waals surface area contributed by atoms with Gasteiger partial charge in [0.1, 0.15) is 6.04 Å². The first-order valence-corrected chi connectivity index (χ1v) is 5.07. The quantitative estimate of drug-likeness (QED) is 0.490. The van der Waals surface area contributed by atoms with Crippen LogP contribution in [0.3, 0.4) is 0 Å². The molecule has 1 amide bonds. The molecule has 0 aromatic heterocycles. The van der Waals surface area contributed by atoms with Gasteiger partial charge in [0.2, 0.25) is 5.91 Å². The number of carbonyl (C=O) groups excluding carboxylic acids is 1. The van der Waals surface area contributed by atoms with E-state index < -0.39 is 12.0 Å². The number of amides is 1. The van der Waals surface area contributed by atoms with Crippen LogP contribution >= 0.6 is 0 Å². The van der Waals surface area contributed by atoms with Crippen LogP contribution in [-0.2, 0) is 9.59 Å². The molecule has 84 valence electrons. The maximum atomic E-state index is 11.3. The predicted octanol–water partition coefficient (Wildman–Crippen LogP) is 1.16. The zero-order valence-electron chi connectivity index (χ0n) is 8.95. The first kappa shape index (κ1) is 13.5. The third kappa shape index (κ3) is 6.55. The van der Waals surface area contributed by atoms with Crippen LogP contribution in [0.4, 0.5) is 0 Å². The van der Waals surface area contributed by atoms with Crippen molar-refractivity contribution in [1.29, 1.82) is 0 Å². The molecule has 4 nitrogen and oxygen atoms in total. The van der Waals surface area contributed by atoms with Gasteiger partial charge in [-0.15, -0.1) is 12.3 Å². The average Bonchev–Trinajstić information content (AvgIpc) is 2.20. The summed E-state index contributed by atoms with van der Waals surface area (Å²) in [6.45, 7) is 1.72. The summed E-state index contributed by atoms with van der Waals surface area (Å²) < 4.78 is 0. The van der Waals surface area contributed by atoms with Crippen molar-refractivity contribution in [2.45, 2.75) is 45.1 Å². The number of aliphatic carboxylic acids is 1. The Balaban J connectivity index is 3.73. The molecule has 0 aliphatic heterocycles. The highest BCUT2D eigenvalue weighted by molar-refractivity contribution is 5.83. The molecule has 0 aliphatic rings. The lowest BCUT2D eigenvalue weighted by Gasteiger charge is -2.11. The summed E-state index contributed by atoms with van der Waals surface area (Å²) in [5.41, 5.74) is 0. The molecule has 0 aromatic rings. The molecule has 0 aromatic carbocycles. The van der Waals surface area contributed by atoms with Crippen LogP contribution in [-0.4, -0.2) is 23.0 Å². The van der Waals surface area contributed by atoms with E-state index in [9.17, 15) is 9.59 Å². The van der Waals surface area contributed by atoms with Crippen molar-refractivity contribution in [2.75, 3.05) is 0 Å². The van der Waals surface area contributed by atoms with Gasteiger partial charge in [-0.3, -0.25) is 4.79 Å². The van der Waals surface area contributed by atoms with Crippen molar-refractivity contribution in [3.05, 3.63) is 0 Å². The highest BCUT2D eigenvalue weighted by Gasteiger charge is 2.16. The van der Waals surface area contributed by atoms with Crippen molar-refractivity contribution in [3.8, 4) is 12.3 Å². The molecule has 15 heavy (non-hydrogen) atoms. The molecule has 0 bridgehead atoms. The van der Waals surface area contributed by atoms with E-state index in [1.54, 1.807) is 6.92 Å². The van der Waals surface area contributed by atoms with Gasteiger partial charge in [-0.25, -0.2) is 4.79 Å². The van der Waals surface area contributed by atoms with E-state index >= 15 is 0 Å². The van der Waals surface area contributed by atoms with Gasteiger partial charge in [-0.1, -0.05) is 6.92 Å². The van der Waals surface area contributed by atoms with Gasteiger partial charge in [0.15, 0.2) is 0 Å². The van der Waals surface area contributed by atoms with E-state index in [-0.39, 0.29) is 5.91 Å². The Labute approximate surface area is 90.1 Å². The summed E-state index contributed by atoms with van der Waals surface area (Å²) in [6.07, 6.45) is 7.95. The lowest BCUT2D eigenvalue weighted by molar-refractivity contribution is -0.141.